The number of nitrogens with one attached hydrogen (secondary N) is 1. The Labute approximate surface area is 174 Å². The molecule has 0 saturated heterocycles. The molecule has 0 aliphatic heterocycles. The van der Waals surface area contributed by atoms with Gasteiger partial charge >= 0.3 is 5.97 Å². The van der Waals surface area contributed by atoms with Gasteiger partial charge in [-0.05, 0) is 49.6 Å². The summed E-state index contributed by atoms with van der Waals surface area (Å²) in [7, 11) is 0. The van der Waals surface area contributed by atoms with Gasteiger partial charge in [0.25, 0.3) is 0 Å². The fraction of sp³-hybridized carbons (Fsp3) is 0.364. The Kier molecular flexibility index (Phi) is 8.27. The van der Waals surface area contributed by atoms with E-state index in [4.69, 9.17) is 4.74 Å². The van der Waals surface area contributed by atoms with Gasteiger partial charge in [0.15, 0.2) is 12.4 Å². The fourth-order valence-electron chi connectivity index (χ4n) is 2.59. The van der Waals surface area contributed by atoms with E-state index < -0.39 is 5.97 Å². The molecule has 6 nitrogen and oxygen atoms in total. The minimum atomic E-state index is -0.571. The van der Waals surface area contributed by atoms with E-state index in [0.29, 0.717) is 23.4 Å². The zero-order chi connectivity index (χ0) is 21.4. The molecule has 154 valence electrons. The maximum absolute atomic E-state index is 12.2. The lowest BCUT2D eigenvalue weighted by molar-refractivity contribution is -0.142. The highest BCUT2D eigenvalue weighted by molar-refractivity contribution is 7.14. The summed E-state index contributed by atoms with van der Waals surface area (Å²) in [5, 5.41) is 2.70. The van der Waals surface area contributed by atoms with Crippen LogP contribution in [0.1, 0.15) is 55.8 Å². The quantitative estimate of drug-likeness (QED) is 0.474. The predicted octanol–water partition coefficient (Wildman–Crippen LogP) is 3.43. The second-order valence-corrected chi connectivity index (χ2v) is 7.97. The van der Waals surface area contributed by atoms with Crippen molar-refractivity contribution in [2.24, 2.45) is 0 Å². The van der Waals surface area contributed by atoms with Crippen molar-refractivity contribution in [1.29, 1.82) is 0 Å². The summed E-state index contributed by atoms with van der Waals surface area (Å²) in [6.45, 7) is 5.52. The van der Waals surface area contributed by atoms with Gasteiger partial charge in [-0.1, -0.05) is 12.1 Å². The SMILES string of the molecule is CC(=O)NCCc1ccc(C(=O)COC(=O)CCC(=O)c2ccc(C)c(C)c2)s1. The predicted molar refractivity (Wildman–Crippen MR) is 111 cm³/mol. The van der Waals surface area contributed by atoms with Crippen molar-refractivity contribution in [3.63, 3.8) is 0 Å². The fourth-order valence-corrected chi connectivity index (χ4v) is 3.52. The number of hydrogen-bond donors (Lipinski definition) is 1. The first kappa shape index (κ1) is 22.5. The Balaban J connectivity index is 1.75. The van der Waals surface area contributed by atoms with Gasteiger partial charge in [0.05, 0.1) is 11.3 Å². The molecule has 0 aliphatic carbocycles. The van der Waals surface area contributed by atoms with Crippen LogP contribution >= 0.6 is 11.3 Å². The van der Waals surface area contributed by atoms with Crippen molar-refractivity contribution in [1.82, 2.24) is 5.32 Å². The van der Waals surface area contributed by atoms with Crippen LogP contribution in [0, 0.1) is 13.8 Å². The number of carbonyl (C=O) groups excluding carboxylic acids is 4. The van der Waals surface area contributed by atoms with Crippen LogP contribution in [0.5, 0.6) is 0 Å². The first-order valence-corrected chi connectivity index (χ1v) is 10.2. The smallest absolute Gasteiger partial charge is 0.306 e. The molecule has 0 bridgehead atoms. The summed E-state index contributed by atoms with van der Waals surface area (Å²) >= 11 is 1.32. The Bertz CT molecular complexity index is 916. The lowest BCUT2D eigenvalue weighted by Gasteiger charge is -2.05. The summed E-state index contributed by atoms with van der Waals surface area (Å²) in [5.74, 6) is -1.08. The highest BCUT2D eigenvalue weighted by atomic mass is 32.1. The maximum atomic E-state index is 12.2. The van der Waals surface area contributed by atoms with Gasteiger partial charge in [0.1, 0.15) is 0 Å². The third-order valence-electron chi connectivity index (χ3n) is 4.43. The number of amides is 1. The van der Waals surface area contributed by atoms with Gasteiger partial charge in [-0.3, -0.25) is 19.2 Å². The van der Waals surface area contributed by atoms with E-state index in [-0.39, 0.29) is 36.9 Å². The molecule has 1 N–H and O–H groups in total. The summed E-state index contributed by atoms with van der Waals surface area (Å²) in [5.41, 5.74) is 2.70. The molecule has 0 atom stereocenters. The standard InChI is InChI=1S/C22H25NO5S/c1-14-4-5-17(12-15(14)2)19(25)7-9-22(27)28-13-20(26)21-8-6-18(29-21)10-11-23-16(3)24/h4-6,8,12H,7,9-11,13H2,1-3H3,(H,23,24). The minimum Gasteiger partial charge on any atom is -0.457 e. The lowest BCUT2D eigenvalue weighted by atomic mass is 10.0. The molecule has 1 heterocycles. The molecule has 0 spiro atoms. The topological polar surface area (TPSA) is 89.5 Å². The van der Waals surface area contributed by atoms with Crippen molar-refractivity contribution in [2.75, 3.05) is 13.2 Å². The molecular formula is C22H25NO5S. The number of benzene rings is 1. The van der Waals surface area contributed by atoms with Crippen molar-refractivity contribution < 1.29 is 23.9 Å². The number of esters is 1. The molecule has 29 heavy (non-hydrogen) atoms. The molecule has 2 rings (SSSR count). The van der Waals surface area contributed by atoms with Gasteiger partial charge in [-0.15, -0.1) is 11.3 Å². The van der Waals surface area contributed by atoms with Crippen molar-refractivity contribution >= 4 is 34.8 Å². The molecule has 2 aromatic rings. The van der Waals surface area contributed by atoms with E-state index in [1.54, 1.807) is 12.1 Å². The Morgan fingerprint density at radius 2 is 1.72 bits per heavy atom. The Morgan fingerprint density at radius 1 is 0.966 bits per heavy atom. The van der Waals surface area contributed by atoms with E-state index in [2.05, 4.69) is 5.32 Å². The third kappa shape index (κ3) is 7.27. The number of thiophene rings is 1. The number of Topliss-reactive ketones (excluding diaryl/α,β-unsaturated/α-hetero) is 2. The molecule has 0 saturated carbocycles. The molecule has 0 unspecified atom stereocenters. The first-order valence-electron chi connectivity index (χ1n) is 9.38. The van der Waals surface area contributed by atoms with Gasteiger partial charge in [-0.25, -0.2) is 0 Å². The second kappa shape index (κ2) is 10.7. The third-order valence-corrected chi connectivity index (χ3v) is 5.62. The second-order valence-electron chi connectivity index (χ2n) is 6.80. The number of hydrogen-bond acceptors (Lipinski definition) is 6. The number of carbonyl (C=O) groups is 4. The van der Waals surface area contributed by atoms with Crippen LogP contribution in [0.2, 0.25) is 0 Å². The number of aryl methyl sites for hydroxylation is 2. The molecule has 1 aromatic carbocycles. The highest BCUT2D eigenvalue weighted by Gasteiger charge is 2.15. The maximum Gasteiger partial charge on any atom is 0.306 e. The minimum absolute atomic E-state index is 0.0435. The molecule has 0 radical (unpaired) electrons. The van der Waals surface area contributed by atoms with Gasteiger partial charge in [-0.2, -0.15) is 0 Å². The average Bonchev–Trinajstić information content (AvgIpc) is 3.15. The summed E-state index contributed by atoms with van der Waals surface area (Å²) < 4.78 is 5.02. The lowest BCUT2D eigenvalue weighted by Crippen LogP contribution is -2.22. The van der Waals surface area contributed by atoms with Crippen molar-refractivity contribution in [2.45, 2.75) is 40.0 Å². The molecule has 1 aromatic heterocycles. The van der Waals surface area contributed by atoms with Crippen LogP contribution in [0.4, 0.5) is 0 Å². The largest absolute Gasteiger partial charge is 0.457 e. The number of ether oxygens (including phenoxy) is 1. The van der Waals surface area contributed by atoms with Crippen molar-refractivity contribution in [3.05, 3.63) is 56.8 Å². The molecule has 0 fully saturated rings. The summed E-state index contributed by atoms with van der Waals surface area (Å²) in [4.78, 5) is 48.6. The van der Waals surface area contributed by atoms with E-state index in [1.165, 1.54) is 18.3 Å². The van der Waals surface area contributed by atoms with Gasteiger partial charge in [0.2, 0.25) is 11.7 Å². The van der Waals surface area contributed by atoms with Crippen LogP contribution in [0.25, 0.3) is 0 Å². The van der Waals surface area contributed by atoms with Crippen LogP contribution < -0.4 is 5.32 Å². The van der Waals surface area contributed by atoms with E-state index >= 15 is 0 Å². The van der Waals surface area contributed by atoms with Crippen molar-refractivity contribution in [3.8, 4) is 0 Å². The number of rotatable bonds is 10. The van der Waals surface area contributed by atoms with E-state index in [1.807, 2.05) is 32.0 Å². The first-order chi connectivity index (χ1) is 13.8. The molecular weight excluding hydrogens is 390 g/mol. The molecule has 0 aliphatic rings. The number of ketones is 2. The Morgan fingerprint density at radius 3 is 2.41 bits per heavy atom. The van der Waals surface area contributed by atoms with Gasteiger partial charge in [0, 0.05) is 30.3 Å². The summed E-state index contributed by atoms with van der Waals surface area (Å²) in [6.07, 6.45) is 0.616. The van der Waals surface area contributed by atoms with Crippen LogP contribution in [0.3, 0.4) is 0 Å². The Hall–Kier alpha value is -2.80. The zero-order valence-corrected chi connectivity index (χ0v) is 17.7. The van der Waals surface area contributed by atoms with Crippen LogP contribution in [-0.4, -0.2) is 36.6 Å². The van der Waals surface area contributed by atoms with Crippen LogP contribution in [0.15, 0.2) is 30.3 Å². The van der Waals surface area contributed by atoms with Gasteiger partial charge < -0.3 is 10.1 Å². The molecule has 7 heteroatoms. The average molecular weight is 416 g/mol. The molecule has 1 amide bonds. The highest BCUT2D eigenvalue weighted by Crippen LogP contribution is 2.18. The van der Waals surface area contributed by atoms with Crippen LogP contribution in [-0.2, 0) is 20.7 Å². The monoisotopic (exact) mass is 415 g/mol. The van der Waals surface area contributed by atoms with E-state index in [0.717, 1.165) is 16.0 Å². The zero-order valence-electron chi connectivity index (χ0n) is 16.9. The van der Waals surface area contributed by atoms with E-state index in [9.17, 15) is 19.2 Å². The summed E-state index contributed by atoms with van der Waals surface area (Å²) in [6, 6.07) is 8.95. The normalized spacial score (nSPS) is 10.4.